The number of aromatic nitrogens is 1. The zero-order valence-corrected chi connectivity index (χ0v) is 30.4. The fraction of sp³-hybridized carbons (Fsp3) is 0.244. The number of allylic oxidation sites excluding steroid dienone is 2. The topological polar surface area (TPSA) is 29.4 Å². The van der Waals surface area contributed by atoms with Crippen molar-refractivity contribution in [1.82, 2.24) is 0 Å². The first kappa shape index (κ1) is 31.5. The van der Waals surface area contributed by atoms with Crippen LogP contribution < -0.4 is 9.75 Å². The van der Waals surface area contributed by atoms with E-state index in [0.717, 1.165) is 58.2 Å². The molecule has 0 saturated heterocycles. The first-order valence-corrected chi connectivity index (χ1v) is 21.2. The normalized spacial score (nSPS) is 17.7. The molecule has 8 rings (SSSR count). The third kappa shape index (κ3) is 5.34. The number of hydrogen-bond donors (Lipinski definition) is 0. The molecule has 2 aliphatic heterocycles. The molecule has 0 radical (unpaired) electrons. The van der Waals surface area contributed by atoms with Crippen LogP contribution in [-0.2, 0) is 6.42 Å². The maximum Gasteiger partial charge on any atom is 0.213 e. The number of benzene rings is 4. The van der Waals surface area contributed by atoms with Crippen LogP contribution in [0.25, 0.3) is 44.3 Å². The highest BCUT2D eigenvalue weighted by Gasteiger charge is 2.42. The van der Waals surface area contributed by atoms with Crippen LogP contribution in [0.3, 0.4) is 0 Å². The van der Waals surface area contributed by atoms with E-state index in [2.05, 4.69) is 148 Å². The van der Waals surface area contributed by atoms with Gasteiger partial charge in [0, 0.05) is 44.8 Å². The van der Waals surface area contributed by atoms with Gasteiger partial charge in [0.2, 0.25) is 5.69 Å². The molecule has 0 N–H and O–H groups in total. The third-order valence-electron chi connectivity index (χ3n) is 10.8. The van der Waals surface area contributed by atoms with Crippen molar-refractivity contribution in [1.29, 1.82) is 0 Å². The zero-order chi connectivity index (χ0) is 34.0. The molecule has 0 spiro atoms. The van der Waals surface area contributed by atoms with Crippen LogP contribution in [0.2, 0.25) is 19.6 Å². The van der Waals surface area contributed by atoms with Crippen LogP contribution in [0.5, 0.6) is 0 Å². The lowest BCUT2D eigenvalue weighted by Gasteiger charge is -2.33. The van der Waals surface area contributed by atoms with Crippen molar-refractivity contribution in [3.63, 3.8) is 0 Å². The van der Waals surface area contributed by atoms with E-state index < -0.39 is 8.07 Å². The van der Waals surface area contributed by atoms with Crippen molar-refractivity contribution < 1.29 is 8.98 Å². The van der Waals surface area contributed by atoms with E-state index in [-0.39, 0.29) is 6.04 Å². The van der Waals surface area contributed by atoms with Crippen LogP contribution in [0.1, 0.15) is 66.8 Å². The predicted octanol–water partition coefficient (Wildman–Crippen LogP) is 11.0. The second-order valence-corrected chi connectivity index (χ2v) is 20.3. The Labute approximate surface area is 291 Å². The molecule has 2 unspecified atom stereocenters. The lowest BCUT2D eigenvalue weighted by Crippen LogP contribution is -2.54. The molecular weight excluding hydrogens is 613 g/mol. The summed E-state index contributed by atoms with van der Waals surface area (Å²) in [4.78, 5) is 5.26. The summed E-state index contributed by atoms with van der Waals surface area (Å²) < 4.78 is 9.31. The van der Waals surface area contributed by atoms with Gasteiger partial charge in [-0.05, 0) is 70.9 Å². The summed E-state index contributed by atoms with van der Waals surface area (Å²) in [6.07, 6.45) is 7.11. The fourth-order valence-electron chi connectivity index (χ4n) is 8.37. The summed E-state index contributed by atoms with van der Waals surface area (Å²) in [5.74, 6) is 0.783. The summed E-state index contributed by atoms with van der Waals surface area (Å²) in [7, 11) is -1.63. The standard InChI is InChI=1S/C45H45N2OSi/c1-8-39-44-31(19-22-36-38-25-32(30-14-10-9-11-15-30)20-23-42(38)48-45(36)44)18-21-35-33-16-12-13-17-34(33)41-26-37(28(2)3)43(49(5,6)7)27-47(41)40(35)24-29(4)46-39/h8-17,19-20,22-23,25-28,35,40H,1,4,18,21,24H2,2-3,5-7H3/q+1. The molecule has 2 atom stereocenters. The van der Waals surface area contributed by atoms with Gasteiger partial charge in [0.05, 0.1) is 20.2 Å². The van der Waals surface area contributed by atoms with Crippen LogP contribution in [0.15, 0.2) is 132 Å². The van der Waals surface area contributed by atoms with E-state index in [4.69, 9.17) is 9.41 Å². The first-order chi connectivity index (χ1) is 23.6. The monoisotopic (exact) mass is 657 g/mol. The Morgan fingerprint density at radius 2 is 1.67 bits per heavy atom. The zero-order valence-electron chi connectivity index (χ0n) is 29.4. The molecule has 0 bridgehead atoms. The van der Waals surface area contributed by atoms with Gasteiger partial charge in [0.25, 0.3) is 0 Å². The van der Waals surface area contributed by atoms with Gasteiger partial charge < -0.3 is 4.42 Å². The Balaban J connectivity index is 1.29. The predicted molar refractivity (Wildman–Crippen MR) is 209 cm³/mol. The van der Waals surface area contributed by atoms with E-state index >= 15 is 0 Å². The number of rotatable bonds is 4. The van der Waals surface area contributed by atoms with Crippen molar-refractivity contribution in [2.24, 2.45) is 4.99 Å². The number of fused-ring (bicyclic) bond motifs is 11. The number of aliphatic imine (C=N–C) groups is 1. The van der Waals surface area contributed by atoms with Gasteiger partial charge in [0.1, 0.15) is 11.2 Å². The van der Waals surface area contributed by atoms with Gasteiger partial charge in [-0.2, -0.15) is 4.57 Å². The molecule has 6 aromatic rings. The summed E-state index contributed by atoms with van der Waals surface area (Å²) in [5, 5.41) is 3.77. The van der Waals surface area contributed by atoms with Gasteiger partial charge in [0.15, 0.2) is 12.2 Å². The molecule has 4 heteroatoms. The highest BCUT2D eigenvalue weighted by molar-refractivity contribution is 6.89. The van der Waals surface area contributed by atoms with Crippen LogP contribution in [0, 0.1) is 0 Å². The van der Waals surface area contributed by atoms with Crippen molar-refractivity contribution in [3.8, 4) is 22.4 Å². The number of aryl methyl sites for hydroxylation is 1. The fourth-order valence-corrected chi connectivity index (χ4v) is 10.1. The summed E-state index contributed by atoms with van der Waals surface area (Å²) in [5.41, 5.74) is 13.7. The molecule has 0 aliphatic carbocycles. The van der Waals surface area contributed by atoms with Crippen molar-refractivity contribution in [2.75, 3.05) is 0 Å². The smallest absolute Gasteiger partial charge is 0.213 e. The molecule has 2 aliphatic rings. The number of hydrogen-bond acceptors (Lipinski definition) is 2. The van der Waals surface area contributed by atoms with E-state index in [1.807, 2.05) is 6.08 Å². The van der Waals surface area contributed by atoms with Crippen molar-refractivity contribution >= 4 is 40.9 Å². The molecular formula is C45H45N2OSi+. The first-order valence-electron chi connectivity index (χ1n) is 17.7. The molecule has 4 aromatic carbocycles. The lowest BCUT2D eigenvalue weighted by molar-refractivity contribution is -0.717. The Morgan fingerprint density at radius 1 is 0.898 bits per heavy atom. The Hall–Kier alpha value is -4.80. The minimum Gasteiger partial charge on any atom is -0.455 e. The minimum atomic E-state index is -1.63. The minimum absolute atomic E-state index is 0.219. The van der Waals surface area contributed by atoms with E-state index in [1.165, 1.54) is 39.1 Å². The average molecular weight is 658 g/mol. The quantitative estimate of drug-likeness (QED) is 0.137. The van der Waals surface area contributed by atoms with E-state index in [1.54, 1.807) is 5.19 Å². The van der Waals surface area contributed by atoms with Crippen molar-refractivity contribution in [2.45, 2.75) is 70.6 Å². The van der Waals surface area contributed by atoms with Crippen LogP contribution in [0.4, 0.5) is 0 Å². The Morgan fingerprint density at radius 3 is 2.43 bits per heavy atom. The Kier molecular flexibility index (Phi) is 7.68. The maximum atomic E-state index is 6.70. The highest BCUT2D eigenvalue weighted by Crippen LogP contribution is 2.45. The summed E-state index contributed by atoms with van der Waals surface area (Å²) in [6, 6.07) is 33.4. The van der Waals surface area contributed by atoms with Gasteiger partial charge in [-0.1, -0.05) is 113 Å². The lowest BCUT2D eigenvalue weighted by atomic mass is 9.77. The van der Waals surface area contributed by atoms with Gasteiger partial charge in [-0.15, -0.1) is 0 Å². The summed E-state index contributed by atoms with van der Waals surface area (Å²) in [6.45, 7) is 20.9. The third-order valence-corrected chi connectivity index (χ3v) is 12.8. The second kappa shape index (κ2) is 12.0. The number of nitrogens with zero attached hydrogens (tertiary/aromatic N) is 2. The second-order valence-electron chi connectivity index (χ2n) is 15.3. The number of pyridine rings is 1. The molecule has 4 heterocycles. The van der Waals surface area contributed by atoms with E-state index in [0.29, 0.717) is 11.8 Å². The molecule has 2 aromatic heterocycles. The largest absolute Gasteiger partial charge is 0.455 e. The van der Waals surface area contributed by atoms with Gasteiger partial charge >= 0.3 is 0 Å². The van der Waals surface area contributed by atoms with Crippen molar-refractivity contribution in [3.05, 3.63) is 144 Å². The number of furan rings is 1. The summed E-state index contributed by atoms with van der Waals surface area (Å²) >= 11 is 0. The molecule has 0 fully saturated rings. The SMILES string of the molecule is C=CC1=NC(=C)CC2C(CCc3ccc4c(oc5ccc(-c6ccccc6)cc54)c31)c1ccccc1-c1cc(C(C)C)c([Si](C)(C)C)c[n+]12. The highest BCUT2D eigenvalue weighted by atomic mass is 28.3. The molecule has 49 heavy (non-hydrogen) atoms. The molecule has 0 amide bonds. The molecule has 244 valence electrons. The van der Waals surface area contributed by atoms with Gasteiger partial charge in [-0.25, -0.2) is 0 Å². The van der Waals surface area contributed by atoms with Crippen LogP contribution in [-0.4, -0.2) is 13.8 Å². The van der Waals surface area contributed by atoms with E-state index in [9.17, 15) is 0 Å². The average Bonchev–Trinajstić information content (AvgIpc) is 3.47. The molecule has 0 saturated carbocycles. The van der Waals surface area contributed by atoms with Crippen LogP contribution >= 0.6 is 0 Å². The Bertz CT molecular complexity index is 2320. The van der Waals surface area contributed by atoms with Gasteiger partial charge in [-0.3, -0.25) is 4.99 Å². The molecule has 3 nitrogen and oxygen atoms in total. The maximum absolute atomic E-state index is 6.70.